The molecule has 0 bridgehead atoms. The highest BCUT2D eigenvalue weighted by atomic mass is 16.4. The van der Waals surface area contributed by atoms with E-state index in [-0.39, 0.29) is 0 Å². The zero-order valence-electron chi connectivity index (χ0n) is 35.9. The van der Waals surface area contributed by atoms with Crippen LogP contribution in [0.1, 0.15) is 0 Å². The first-order valence-corrected chi connectivity index (χ1v) is 20.2. The summed E-state index contributed by atoms with van der Waals surface area (Å²) in [5.74, 6) is -47.7. The molecular formula is C46H28O29. The summed E-state index contributed by atoms with van der Waals surface area (Å²) in [5.41, 5.74) is -11.2. The van der Waals surface area contributed by atoms with Crippen LogP contribution in [-0.4, -0.2) is 143 Å². The molecule has 29 heteroatoms. The van der Waals surface area contributed by atoms with Gasteiger partial charge in [-0.3, -0.25) is 0 Å². The summed E-state index contributed by atoms with van der Waals surface area (Å²) in [6.07, 6.45) is 0. The Bertz CT molecular complexity index is 4360. The van der Waals surface area contributed by atoms with Crippen molar-refractivity contribution in [2.24, 2.45) is 0 Å². The maximum atomic E-state index is 12.3. The molecule has 0 saturated carbocycles. The van der Waals surface area contributed by atoms with Gasteiger partial charge in [0.2, 0.25) is 69.0 Å². The van der Waals surface area contributed by atoms with Crippen molar-refractivity contribution in [2.45, 2.75) is 0 Å². The van der Waals surface area contributed by atoms with Crippen LogP contribution >= 0.6 is 0 Å². The largest absolute Gasteiger partial charge is 0.506 e. The molecule has 0 fully saturated rings. The van der Waals surface area contributed by atoms with Gasteiger partial charge in [-0.25, -0.2) is 0 Å². The first kappa shape index (κ1) is 46.9. The number of benzene rings is 9. The monoisotopic (exact) mass is 1040 g/mol. The predicted molar refractivity (Wildman–Crippen MR) is 247 cm³/mol. The molecule has 10 aromatic rings. The van der Waals surface area contributed by atoms with Crippen molar-refractivity contribution in [1.29, 1.82) is 0 Å². The van der Waals surface area contributed by atoms with E-state index in [2.05, 4.69) is 0 Å². The topological polar surface area (TPSA) is 580 Å². The highest BCUT2D eigenvalue weighted by Gasteiger charge is 2.41. The molecule has 0 spiro atoms. The summed E-state index contributed by atoms with van der Waals surface area (Å²) >= 11 is 0. The van der Waals surface area contributed by atoms with E-state index in [1.165, 1.54) is 0 Å². The molecule has 0 saturated heterocycles. The molecule has 29 nitrogen and oxygen atoms in total. The molecule has 10 rings (SSSR count). The van der Waals surface area contributed by atoms with Gasteiger partial charge in [-0.2, -0.15) is 0 Å². The Hall–Kier alpha value is -11.8. The van der Waals surface area contributed by atoms with Crippen LogP contribution < -0.4 is 0 Å². The van der Waals surface area contributed by atoms with Crippen LogP contribution in [0, 0.1) is 0 Å². The van der Waals surface area contributed by atoms with Crippen molar-refractivity contribution in [1.82, 2.24) is 0 Å². The number of hydrogen-bond donors (Lipinski definition) is 28. The zero-order valence-corrected chi connectivity index (χ0v) is 35.9. The third kappa shape index (κ3) is 5.20. The van der Waals surface area contributed by atoms with Gasteiger partial charge >= 0.3 is 0 Å². The molecule has 75 heavy (non-hydrogen) atoms. The lowest BCUT2D eigenvalue weighted by molar-refractivity contribution is 0.347. The minimum atomic E-state index is -1.95. The van der Waals surface area contributed by atoms with Crippen LogP contribution in [0.4, 0.5) is 0 Å². The van der Waals surface area contributed by atoms with E-state index in [0.29, 0.717) is 0 Å². The number of aromatic hydroxyl groups is 28. The van der Waals surface area contributed by atoms with E-state index in [1.807, 2.05) is 0 Å². The number of phenols is 28. The molecule has 9 aromatic carbocycles. The molecule has 0 radical (unpaired) electrons. The fraction of sp³-hybridized carbons (Fsp3) is 0. The number of hydrogen-bond acceptors (Lipinski definition) is 29. The van der Waals surface area contributed by atoms with Crippen LogP contribution in [0.3, 0.4) is 0 Å². The maximum Gasteiger partial charge on any atom is 0.208 e. The Labute approximate surface area is 406 Å². The Morgan fingerprint density at radius 1 is 0.120 bits per heavy atom. The second-order valence-corrected chi connectivity index (χ2v) is 16.5. The smallest absolute Gasteiger partial charge is 0.208 e. The van der Waals surface area contributed by atoms with Crippen LogP contribution in [0.2, 0.25) is 0 Å². The Balaban J connectivity index is 1.53. The number of fused-ring (bicyclic) bond motifs is 7. The van der Waals surface area contributed by atoms with Crippen LogP contribution in [-0.2, 0) is 0 Å². The second kappa shape index (κ2) is 14.4. The van der Waals surface area contributed by atoms with Crippen molar-refractivity contribution < 1.29 is 147 Å². The average molecular weight is 1040 g/mol. The maximum absolute atomic E-state index is 12.3. The normalized spacial score (nSPS) is 11.9. The van der Waals surface area contributed by atoms with Crippen molar-refractivity contribution in [3.05, 3.63) is 0 Å². The quantitative estimate of drug-likeness (QED) is 0.0631. The van der Waals surface area contributed by atoms with Gasteiger partial charge in [0.15, 0.2) is 91.7 Å². The SMILES string of the molecule is Oc1c(O)c(O)c2c(oc3c(O)c(O)c(-c4c5c(O)c(O)c(O)c(O)c5c(-c5c(O)c(O)c(-c6c(O)c(O)c7c(O)c(O)c(O)c(O)c7c6O)c6c(O)c(O)c(O)c(O)c56)c5c(O)c(O)c(O)c(O)c45)c(O)c32)c1O. The Kier molecular flexibility index (Phi) is 9.01. The van der Waals surface area contributed by atoms with E-state index in [0.717, 1.165) is 0 Å². The second-order valence-electron chi connectivity index (χ2n) is 16.5. The Morgan fingerprint density at radius 2 is 0.293 bits per heavy atom. The molecule has 0 atom stereocenters. The standard InChI is InChI=1S/C46H28O29/c47-17-12(27(57)28(58)14-13(17)29(59)39(69)40(70)30(14)60)10-9-8(25(55)37(67)38(68)26(9)56)5(19(49)20(10)50)1-3-6(23(53)35(65)33(63)21(3)51)2(7-4(1)22(52)34(64)36(66)24(7)54)11-18(48)15-16-32(62)41(71)42(72)44(74)46(16)75-45(15)43(73)31(11)61/h47-74H. The lowest BCUT2D eigenvalue weighted by Crippen LogP contribution is -1.98. The van der Waals surface area contributed by atoms with Gasteiger partial charge in [-0.1, -0.05) is 0 Å². The van der Waals surface area contributed by atoms with Gasteiger partial charge < -0.3 is 147 Å². The molecule has 1 heterocycles. The molecule has 28 N–H and O–H groups in total. The average Bonchev–Trinajstić information content (AvgIpc) is 3.84. The van der Waals surface area contributed by atoms with E-state index in [9.17, 15) is 143 Å². The number of phenolic OH excluding ortho intramolecular Hbond substituents is 28. The van der Waals surface area contributed by atoms with Gasteiger partial charge in [0.1, 0.15) is 11.5 Å². The van der Waals surface area contributed by atoms with Crippen molar-refractivity contribution in [3.63, 3.8) is 0 Å². The van der Waals surface area contributed by atoms with Crippen molar-refractivity contribution >= 4 is 65.0 Å². The lowest BCUT2D eigenvalue weighted by Gasteiger charge is -2.26. The number of rotatable bonds is 3. The van der Waals surface area contributed by atoms with Crippen molar-refractivity contribution in [3.8, 4) is 194 Å². The van der Waals surface area contributed by atoms with Gasteiger partial charge in [-0.05, 0) is 0 Å². The first-order chi connectivity index (χ1) is 35.0. The predicted octanol–water partition coefficient (Wildman–Crippen LogP) is 4.96. The zero-order chi connectivity index (χ0) is 55.3. The summed E-state index contributed by atoms with van der Waals surface area (Å²) in [7, 11) is 0. The fourth-order valence-corrected chi connectivity index (χ4v) is 9.50. The molecule has 1 aromatic heterocycles. The minimum absolute atomic E-state index is 1.01. The Morgan fingerprint density at radius 3 is 0.653 bits per heavy atom. The van der Waals surface area contributed by atoms with E-state index in [4.69, 9.17) is 4.42 Å². The minimum Gasteiger partial charge on any atom is -0.506 e. The molecular weight excluding hydrogens is 1020 g/mol. The third-order valence-electron chi connectivity index (χ3n) is 12.9. The van der Waals surface area contributed by atoms with Gasteiger partial charge in [0.25, 0.3) is 0 Å². The van der Waals surface area contributed by atoms with Crippen molar-refractivity contribution in [2.75, 3.05) is 0 Å². The third-order valence-corrected chi connectivity index (χ3v) is 12.9. The van der Waals surface area contributed by atoms with Crippen LogP contribution in [0.15, 0.2) is 4.42 Å². The van der Waals surface area contributed by atoms with Crippen LogP contribution in [0.25, 0.3) is 98.4 Å². The lowest BCUT2D eigenvalue weighted by atomic mass is 9.80. The molecule has 386 valence electrons. The highest BCUT2D eigenvalue weighted by Crippen LogP contribution is 2.70. The summed E-state index contributed by atoms with van der Waals surface area (Å²) in [4.78, 5) is 0. The van der Waals surface area contributed by atoms with Gasteiger partial charge in [0, 0.05) is 54.6 Å². The van der Waals surface area contributed by atoms with E-state index >= 15 is 0 Å². The molecule has 0 aliphatic rings. The molecule has 0 aliphatic carbocycles. The molecule has 0 amide bonds. The summed E-state index contributed by atoms with van der Waals surface area (Å²) < 4.78 is 5.30. The van der Waals surface area contributed by atoms with Gasteiger partial charge in [0.05, 0.1) is 32.7 Å². The summed E-state index contributed by atoms with van der Waals surface area (Å²) in [6.45, 7) is 0. The first-order valence-electron chi connectivity index (χ1n) is 20.2. The fourth-order valence-electron chi connectivity index (χ4n) is 9.50. The highest BCUT2D eigenvalue weighted by molar-refractivity contribution is 6.34. The summed E-state index contributed by atoms with van der Waals surface area (Å²) in [5, 5.41) is 302. The van der Waals surface area contributed by atoms with E-state index < -0.39 is 259 Å². The van der Waals surface area contributed by atoms with Gasteiger partial charge in [-0.15, -0.1) is 0 Å². The molecule has 0 unspecified atom stereocenters. The van der Waals surface area contributed by atoms with Crippen LogP contribution in [0.5, 0.6) is 161 Å². The number of furan rings is 1. The van der Waals surface area contributed by atoms with E-state index in [1.54, 1.807) is 0 Å². The molecule has 0 aliphatic heterocycles. The summed E-state index contributed by atoms with van der Waals surface area (Å²) in [6, 6.07) is 0.